The summed E-state index contributed by atoms with van der Waals surface area (Å²) in [7, 11) is 0. The van der Waals surface area contributed by atoms with Crippen molar-refractivity contribution in [1.82, 2.24) is 19.7 Å². The van der Waals surface area contributed by atoms with Gasteiger partial charge in [-0.1, -0.05) is 44.2 Å². The maximum absolute atomic E-state index is 5.00. The van der Waals surface area contributed by atoms with Crippen LogP contribution in [0.1, 0.15) is 30.9 Å². The molecule has 26 heavy (non-hydrogen) atoms. The molecular formula is C22H20N4. The van der Waals surface area contributed by atoms with Gasteiger partial charge in [-0.25, -0.2) is 14.6 Å². The fourth-order valence-corrected chi connectivity index (χ4v) is 3.98. The van der Waals surface area contributed by atoms with Crippen LogP contribution in [0.5, 0.6) is 0 Å². The van der Waals surface area contributed by atoms with E-state index in [4.69, 9.17) is 15.1 Å². The van der Waals surface area contributed by atoms with Crippen LogP contribution in [-0.2, 0) is 11.8 Å². The Hall–Kier alpha value is -3.01. The van der Waals surface area contributed by atoms with Gasteiger partial charge in [0, 0.05) is 17.4 Å². The van der Waals surface area contributed by atoms with Gasteiger partial charge in [0.25, 0.3) is 0 Å². The van der Waals surface area contributed by atoms with Crippen molar-refractivity contribution >= 4 is 11.0 Å². The molecule has 0 bridgehead atoms. The summed E-state index contributed by atoms with van der Waals surface area (Å²) in [5.74, 6) is 0. The molecule has 0 spiro atoms. The van der Waals surface area contributed by atoms with Crippen molar-refractivity contribution < 1.29 is 0 Å². The molecule has 4 nitrogen and oxygen atoms in total. The van der Waals surface area contributed by atoms with Crippen molar-refractivity contribution in [3.63, 3.8) is 0 Å². The molecule has 0 saturated heterocycles. The largest absolute Gasteiger partial charge is 0.248 e. The normalized spacial score (nSPS) is 14.9. The number of nitrogens with zero attached hydrogens (tertiary/aromatic N) is 4. The van der Waals surface area contributed by atoms with Gasteiger partial charge >= 0.3 is 0 Å². The molecule has 0 saturated carbocycles. The predicted octanol–water partition coefficient (Wildman–Crippen LogP) is 4.62. The first kappa shape index (κ1) is 15.3. The first-order chi connectivity index (χ1) is 12.5. The van der Waals surface area contributed by atoms with Crippen LogP contribution in [0.25, 0.3) is 28.0 Å². The fraction of sp³-hybridized carbons (Fsp3) is 0.227. The van der Waals surface area contributed by atoms with Gasteiger partial charge in [0.1, 0.15) is 0 Å². The van der Waals surface area contributed by atoms with Gasteiger partial charge in [0.05, 0.1) is 39.5 Å². The molecule has 0 amide bonds. The summed E-state index contributed by atoms with van der Waals surface area (Å²) in [4.78, 5) is 10.00. The smallest absolute Gasteiger partial charge is 0.0968 e. The topological polar surface area (TPSA) is 43.6 Å². The van der Waals surface area contributed by atoms with E-state index >= 15 is 0 Å². The number of para-hydroxylation sites is 3. The van der Waals surface area contributed by atoms with Gasteiger partial charge in [-0.15, -0.1) is 0 Å². The van der Waals surface area contributed by atoms with Gasteiger partial charge in [-0.3, -0.25) is 0 Å². The van der Waals surface area contributed by atoms with E-state index in [9.17, 15) is 0 Å². The van der Waals surface area contributed by atoms with E-state index in [2.05, 4.69) is 37.6 Å². The SMILES string of the molecule is Cc1nn(-c2ccccc2)c2c1-c1nc3ccccc3nc1C(C)(C)C2. The molecule has 0 fully saturated rings. The molecular weight excluding hydrogens is 320 g/mol. The molecule has 4 heteroatoms. The zero-order valence-electron chi connectivity index (χ0n) is 15.2. The van der Waals surface area contributed by atoms with E-state index in [0.717, 1.165) is 45.8 Å². The Balaban J connectivity index is 1.84. The third-order valence-corrected chi connectivity index (χ3v) is 5.21. The molecule has 0 aliphatic heterocycles. The zero-order chi connectivity index (χ0) is 17.9. The molecule has 0 atom stereocenters. The van der Waals surface area contributed by atoms with E-state index in [1.165, 1.54) is 5.69 Å². The number of aryl methyl sites for hydroxylation is 1. The summed E-state index contributed by atoms with van der Waals surface area (Å²) in [6.07, 6.45) is 0.887. The lowest BCUT2D eigenvalue weighted by Gasteiger charge is -2.31. The maximum atomic E-state index is 5.00. The van der Waals surface area contributed by atoms with Crippen LogP contribution < -0.4 is 0 Å². The van der Waals surface area contributed by atoms with Gasteiger partial charge in [-0.2, -0.15) is 5.10 Å². The van der Waals surface area contributed by atoms with Crippen molar-refractivity contribution in [1.29, 1.82) is 0 Å². The molecule has 2 aromatic carbocycles. The fourth-order valence-electron chi connectivity index (χ4n) is 3.98. The highest BCUT2D eigenvalue weighted by molar-refractivity contribution is 5.81. The Kier molecular flexibility index (Phi) is 3.08. The molecule has 2 heterocycles. The Morgan fingerprint density at radius 1 is 0.885 bits per heavy atom. The molecule has 5 rings (SSSR count). The Morgan fingerprint density at radius 2 is 1.54 bits per heavy atom. The standard InChI is InChI=1S/C22H20N4/c1-14-19-18(26(25-14)15-9-5-4-6-10-15)13-22(2,3)21-20(19)23-16-11-7-8-12-17(16)24-21/h4-12H,13H2,1-3H3. The summed E-state index contributed by atoms with van der Waals surface area (Å²) in [6, 6.07) is 18.4. The first-order valence-corrected chi connectivity index (χ1v) is 8.96. The highest BCUT2D eigenvalue weighted by Crippen LogP contribution is 2.43. The van der Waals surface area contributed by atoms with Crippen molar-refractivity contribution in [3.8, 4) is 16.9 Å². The Bertz CT molecular complexity index is 1140. The Morgan fingerprint density at radius 3 is 2.27 bits per heavy atom. The molecule has 4 aromatic rings. The van der Waals surface area contributed by atoms with Crippen molar-refractivity contribution in [2.45, 2.75) is 32.6 Å². The lowest BCUT2D eigenvalue weighted by atomic mass is 9.76. The van der Waals surface area contributed by atoms with Crippen LogP contribution in [0.3, 0.4) is 0 Å². The van der Waals surface area contributed by atoms with Gasteiger partial charge < -0.3 is 0 Å². The van der Waals surface area contributed by atoms with Gasteiger partial charge in [-0.05, 0) is 31.2 Å². The van der Waals surface area contributed by atoms with Crippen molar-refractivity contribution in [3.05, 3.63) is 71.7 Å². The minimum atomic E-state index is -0.0988. The van der Waals surface area contributed by atoms with E-state index in [-0.39, 0.29) is 5.41 Å². The number of hydrogen-bond acceptors (Lipinski definition) is 3. The molecule has 0 radical (unpaired) electrons. The Labute approximate surface area is 152 Å². The summed E-state index contributed by atoms with van der Waals surface area (Å²) in [5.41, 5.74) is 8.29. The number of benzene rings is 2. The number of rotatable bonds is 1. The second-order valence-corrected chi connectivity index (χ2v) is 7.62. The highest BCUT2D eigenvalue weighted by Gasteiger charge is 2.37. The number of hydrogen-bond donors (Lipinski definition) is 0. The number of fused-ring (bicyclic) bond motifs is 4. The van der Waals surface area contributed by atoms with Crippen molar-refractivity contribution in [2.24, 2.45) is 0 Å². The molecule has 2 aromatic heterocycles. The van der Waals surface area contributed by atoms with Crippen LogP contribution in [0, 0.1) is 6.92 Å². The third-order valence-electron chi connectivity index (χ3n) is 5.21. The van der Waals surface area contributed by atoms with Gasteiger partial charge in [0.15, 0.2) is 0 Å². The minimum Gasteiger partial charge on any atom is -0.248 e. The average Bonchev–Trinajstić information content (AvgIpc) is 2.97. The minimum absolute atomic E-state index is 0.0988. The number of aromatic nitrogens is 4. The predicted molar refractivity (Wildman–Crippen MR) is 104 cm³/mol. The lowest BCUT2D eigenvalue weighted by molar-refractivity contribution is 0.486. The lowest BCUT2D eigenvalue weighted by Crippen LogP contribution is -2.29. The van der Waals surface area contributed by atoms with Crippen LogP contribution in [0.2, 0.25) is 0 Å². The maximum Gasteiger partial charge on any atom is 0.0968 e. The third kappa shape index (κ3) is 2.11. The van der Waals surface area contributed by atoms with E-state index in [1.807, 2.05) is 42.5 Å². The second kappa shape index (κ2) is 5.24. The second-order valence-electron chi connectivity index (χ2n) is 7.62. The zero-order valence-corrected chi connectivity index (χ0v) is 15.2. The molecule has 128 valence electrons. The highest BCUT2D eigenvalue weighted by atomic mass is 15.3. The first-order valence-electron chi connectivity index (χ1n) is 8.96. The van der Waals surface area contributed by atoms with Crippen molar-refractivity contribution in [2.75, 3.05) is 0 Å². The average molecular weight is 340 g/mol. The van der Waals surface area contributed by atoms with Crippen LogP contribution in [0.4, 0.5) is 0 Å². The van der Waals surface area contributed by atoms with Crippen LogP contribution in [0.15, 0.2) is 54.6 Å². The van der Waals surface area contributed by atoms with E-state index in [0.29, 0.717) is 0 Å². The molecule has 0 N–H and O–H groups in total. The van der Waals surface area contributed by atoms with E-state index in [1.54, 1.807) is 0 Å². The van der Waals surface area contributed by atoms with Crippen LogP contribution in [-0.4, -0.2) is 19.7 Å². The molecule has 0 unspecified atom stereocenters. The quantitative estimate of drug-likeness (QED) is 0.508. The summed E-state index contributed by atoms with van der Waals surface area (Å²) < 4.78 is 2.08. The monoisotopic (exact) mass is 340 g/mol. The van der Waals surface area contributed by atoms with Crippen LogP contribution >= 0.6 is 0 Å². The van der Waals surface area contributed by atoms with Gasteiger partial charge in [0.2, 0.25) is 0 Å². The molecule has 1 aliphatic rings. The summed E-state index contributed by atoms with van der Waals surface area (Å²) in [6.45, 7) is 6.56. The summed E-state index contributed by atoms with van der Waals surface area (Å²) in [5, 5.41) is 4.86. The summed E-state index contributed by atoms with van der Waals surface area (Å²) >= 11 is 0. The van der Waals surface area contributed by atoms with E-state index < -0.39 is 0 Å². The molecule has 1 aliphatic carbocycles.